The number of carbonyl (C=O) groups excluding carboxylic acids is 1. The van der Waals surface area contributed by atoms with Crippen LogP contribution in [0, 0.1) is 0 Å². The molecule has 2 rings (SSSR count). The van der Waals surface area contributed by atoms with Gasteiger partial charge in [-0.3, -0.25) is 4.79 Å². The summed E-state index contributed by atoms with van der Waals surface area (Å²) >= 11 is 0. The first-order valence-corrected chi connectivity index (χ1v) is 7.96. The molecule has 3 N–H and O–H groups in total. The molecule has 0 spiro atoms. The van der Waals surface area contributed by atoms with Crippen LogP contribution in [0.25, 0.3) is 0 Å². The molecule has 0 radical (unpaired) electrons. The van der Waals surface area contributed by atoms with Crippen LogP contribution >= 0.6 is 0 Å². The standard InChI is InChI=1S/C13H19N3O3S/c1-13(8-5-9-15-13)12(17)16-10-6-3-4-7-11(10)20(18,19)14-2/h3-4,6-7,14-15H,5,8-9H2,1-2H3,(H,16,17). The Morgan fingerprint density at radius 1 is 1.35 bits per heavy atom. The van der Waals surface area contributed by atoms with E-state index in [1.165, 1.54) is 13.1 Å². The van der Waals surface area contributed by atoms with Gasteiger partial charge in [0, 0.05) is 0 Å². The van der Waals surface area contributed by atoms with E-state index in [4.69, 9.17) is 0 Å². The molecule has 20 heavy (non-hydrogen) atoms. The Morgan fingerprint density at radius 3 is 2.65 bits per heavy atom. The number of hydrogen-bond donors (Lipinski definition) is 3. The van der Waals surface area contributed by atoms with E-state index < -0.39 is 15.6 Å². The fourth-order valence-corrected chi connectivity index (χ4v) is 3.15. The van der Waals surface area contributed by atoms with Gasteiger partial charge in [-0.2, -0.15) is 0 Å². The molecule has 0 bridgehead atoms. The molecule has 1 aliphatic heterocycles. The summed E-state index contributed by atoms with van der Waals surface area (Å²) in [5.41, 5.74) is -0.349. The van der Waals surface area contributed by atoms with E-state index >= 15 is 0 Å². The SMILES string of the molecule is CNS(=O)(=O)c1ccccc1NC(=O)C1(C)CCCN1. The van der Waals surface area contributed by atoms with Crippen LogP contribution in [0.5, 0.6) is 0 Å². The monoisotopic (exact) mass is 297 g/mol. The normalized spacial score (nSPS) is 22.7. The quantitative estimate of drug-likeness (QED) is 0.762. The average Bonchev–Trinajstić information content (AvgIpc) is 2.87. The Balaban J connectivity index is 2.29. The van der Waals surface area contributed by atoms with Crippen LogP contribution < -0.4 is 15.4 Å². The lowest BCUT2D eigenvalue weighted by Gasteiger charge is -2.23. The zero-order chi connectivity index (χ0) is 14.8. The Hall–Kier alpha value is -1.44. The van der Waals surface area contributed by atoms with Crippen LogP contribution in [-0.2, 0) is 14.8 Å². The lowest BCUT2D eigenvalue weighted by Crippen LogP contribution is -2.48. The van der Waals surface area contributed by atoms with Gasteiger partial charge in [-0.15, -0.1) is 0 Å². The van der Waals surface area contributed by atoms with Crippen molar-refractivity contribution in [2.75, 3.05) is 18.9 Å². The van der Waals surface area contributed by atoms with Crippen molar-refractivity contribution in [1.82, 2.24) is 10.0 Å². The predicted octanol–water partition coefficient (Wildman–Crippen LogP) is 0.675. The molecular weight excluding hydrogens is 278 g/mol. The minimum Gasteiger partial charge on any atom is -0.323 e. The maximum Gasteiger partial charge on any atom is 0.244 e. The zero-order valence-electron chi connectivity index (χ0n) is 11.6. The highest BCUT2D eigenvalue weighted by Gasteiger charge is 2.36. The summed E-state index contributed by atoms with van der Waals surface area (Å²) in [5, 5.41) is 5.86. The molecule has 7 heteroatoms. The zero-order valence-corrected chi connectivity index (χ0v) is 12.4. The fraction of sp³-hybridized carbons (Fsp3) is 0.462. The van der Waals surface area contributed by atoms with Crippen molar-refractivity contribution in [2.45, 2.75) is 30.2 Å². The van der Waals surface area contributed by atoms with Gasteiger partial charge in [0.25, 0.3) is 0 Å². The number of nitrogens with one attached hydrogen (secondary N) is 3. The van der Waals surface area contributed by atoms with Gasteiger partial charge in [0.15, 0.2) is 0 Å². The minimum absolute atomic E-state index is 0.0671. The van der Waals surface area contributed by atoms with Gasteiger partial charge in [-0.1, -0.05) is 12.1 Å². The molecule has 1 heterocycles. The molecule has 110 valence electrons. The first-order valence-electron chi connectivity index (χ1n) is 6.48. The molecule has 1 aromatic carbocycles. The van der Waals surface area contributed by atoms with E-state index in [1.807, 2.05) is 6.92 Å². The summed E-state index contributed by atoms with van der Waals surface area (Å²) in [6.45, 7) is 2.62. The fourth-order valence-electron chi connectivity index (χ4n) is 2.26. The summed E-state index contributed by atoms with van der Waals surface area (Å²) in [6.07, 6.45) is 1.67. The van der Waals surface area contributed by atoms with E-state index in [-0.39, 0.29) is 10.8 Å². The molecule has 0 saturated carbocycles. The first-order chi connectivity index (χ1) is 9.39. The van der Waals surface area contributed by atoms with Crippen molar-refractivity contribution >= 4 is 21.6 Å². The van der Waals surface area contributed by atoms with Gasteiger partial charge in [-0.25, -0.2) is 13.1 Å². The van der Waals surface area contributed by atoms with Gasteiger partial charge in [-0.05, 0) is 45.5 Å². The van der Waals surface area contributed by atoms with E-state index in [0.717, 1.165) is 19.4 Å². The van der Waals surface area contributed by atoms with Gasteiger partial charge < -0.3 is 10.6 Å². The topological polar surface area (TPSA) is 87.3 Å². The molecule has 0 aliphatic carbocycles. The number of carbonyl (C=O) groups is 1. The molecule has 1 aliphatic rings. The van der Waals surface area contributed by atoms with Crippen molar-refractivity contribution in [3.63, 3.8) is 0 Å². The highest BCUT2D eigenvalue weighted by molar-refractivity contribution is 7.89. The van der Waals surface area contributed by atoms with Crippen molar-refractivity contribution in [3.05, 3.63) is 24.3 Å². The Morgan fingerprint density at radius 2 is 2.05 bits per heavy atom. The number of para-hydroxylation sites is 1. The number of benzene rings is 1. The van der Waals surface area contributed by atoms with Crippen LogP contribution in [0.4, 0.5) is 5.69 Å². The second-order valence-electron chi connectivity index (χ2n) is 5.02. The number of rotatable bonds is 4. The van der Waals surface area contributed by atoms with Crippen molar-refractivity contribution in [2.24, 2.45) is 0 Å². The molecule has 1 aromatic rings. The molecule has 1 unspecified atom stereocenters. The average molecular weight is 297 g/mol. The van der Waals surface area contributed by atoms with Gasteiger partial charge >= 0.3 is 0 Å². The third-order valence-corrected chi connectivity index (χ3v) is 5.04. The smallest absolute Gasteiger partial charge is 0.244 e. The lowest BCUT2D eigenvalue weighted by molar-refractivity contribution is -0.121. The Bertz CT molecular complexity index is 607. The van der Waals surface area contributed by atoms with Crippen LogP contribution in [0.1, 0.15) is 19.8 Å². The maximum absolute atomic E-state index is 12.3. The Labute approximate surface area is 119 Å². The van der Waals surface area contributed by atoms with Crippen molar-refractivity contribution < 1.29 is 13.2 Å². The number of amides is 1. The molecule has 6 nitrogen and oxygen atoms in total. The second-order valence-corrected chi connectivity index (χ2v) is 6.88. The predicted molar refractivity (Wildman–Crippen MR) is 77.0 cm³/mol. The summed E-state index contributed by atoms with van der Waals surface area (Å²) in [6, 6.07) is 6.36. The maximum atomic E-state index is 12.3. The molecule has 1 fully saturated rings. The largest absolute Gasteiger partial charge is 0.323 e. The van der Waals surface area contributed by atoms with Crippen LogP contribution in [-0.4, -0.2) is 33.5 Å². The number of hydrogen-bond acceptors (Lipinski definition) is 4. The van der Waals surface area contributed by atoms with Gasteiger partial charge in [0.1, 0.15) is 4.90 Å². The third kappa shape index (κ3) is 2.84. The highest BCUT2D eigenvalue weighted by Crippen LogP contribution is 2.24. The van der Waals surface area contributed by atoms with E-state index in [2.05, 4.69) is 15.4 Å². The second kappa shape index (κ2) is 5.51. The van der Waals surface area contributed by atoms with Crippen molar-refractivity contribution in [1.29, 1.82) is 0 Å². The number of sulfonamides is 1. The third-order valence-electron chi connectivity index (χ3n) is 3.56. The van der Waals surface area contributed by atoms with Crippen LogP contribution in [0.2, 0.25) is 0 Å². The van der Waals surface area contributed by atoms with E-state index in [1.54, 1.807) is 18.2 Å². The summed E-state index contributed by atoms with van der Waals surface area (Å²) < 4.78 is 26.1. The van der Waals surface area contributed by atoms with Crippen LogP contribution in [0.15, 0.2) is 29.2 Å². The molecule has 1 saturated heterocycles. The van der Waals surface area contributed by atoms with Gasteiger partial charge in [0.2, 0.25) is 15.9 Å². The molecule has 1 amide bonds. The Kier molecular flexibility index (Phi) is 4.12. The summed E-state index contributed by atoms with van der Waals surface area (Å²) in [7, 11) is -2.26. The highest BCUT2D eigenvalue weighted by atomic mass is 32.2. The minimum atomic E-state index is -3.60. The van der Waals surface area contributed by atoms with Gasteiger partial charge in [0.05, 0.1) is 11.2 Å². The summed E-state index contributed by atoms with van der Waals surface area (Å²) in [4.78, 5) is 12.4. The number of anilines is 1. The van der Waals surface area contributed by atoms with E-state index in [9.17, 15) is 13.2 Å². The van der Waals surface area contributed by atoms with E-state index in [0.29, 0.717) is 5.69 Å². The van der Waals surface area contributed by atoms with Crippen molar-refractivity contribution in [3.8, 4) is 0 Å². The van der Waals surface area contributed by atoms with Crippen LogP contribution in [0.3, 0.4) is 0 Å². The first kappa shape index (κ1) is 15.0. The molecule has 1 atom stereocenters. The molecule has 0 aromatic heterocycles. The molecular formula is C13H19N3O3S. The lowest BCUT2D eigenvalue weighted by atomic mass is 9.99. The summed E-state index contributed by atoms with van der Waals surface area (Å²) in [5.74, 6) is -0.214.